The highest BCUT2D eigenvalue weighted by atomic mass is 79.9. The van der Waals surface area contributed by atoms with E-state index in [2.05, 4.69) is 47.8 Å². The number of hydrogen-bond donors (Lipinski definition) is 0. The Kier molecular flexibility index (Phi) is 2.38. The lowest BCUT2D eigenvalue weighted by Gasteiger charge is -2.04. The molecule has 60 valence electrons. The van der Waals surface area contributed by atoms with Crippen LogP contribution >= 0.6 is 47.8 Å². The third-order valence-corrected chi connectivity index (χ3v) is 3.61. The van der Waals surface area contributed by atoms with E-state index in [9.17, 15) is 14.4 Å². The second-order valence-corrected chi connectivity index (χ2v) is 6.35. The van der Waals surface area contributed by atoms with Crippen LogP contribution in [0, 0.1) is 0 Å². The van der Waals surface area contributed by atoms with E-state index < -0.39 is 25.4 Å². The normalized spacial score (nSPS) is 29.7. The molecular formula is C5HBr3O3. The van der Waals surface area contributed by atoms with E-state index in [0.29, 0.717) is 0 Å². The highest BCUT2D eigenvalue weighted by Crippen LogP contribution is 2.37. The zero-order valence-corrected chi connectivity index (χ0v) is 9.69. The Balaban J connectivity index is 3.16. The van der Waals surface area contributed by atoms with Crippen molar-refractivity contribution in [2.75, 3.05) is 0 Å². The molecule has 0 aliphatic heterocycles. The molecule has 0 bridgehead atoms. The van der Waals surface area contributed by atoms with Crippen molar-refractivity contribution in [2.45, 2.75) is 8.06 Å². The Morgan fingerprint density at radius 1 is 1.18 bits per heavy atom. The van der Waals surface area contributed by atoms with Crippen LogP contribution in [0.15, 0.2) is 0 Å². The van der Waals surface area contributed by atoms with Crippen molar-refractivity contribution in [3.05, 3.63) is 0 Å². The molecule has 0 spiro atoms. The van der Waals surface area contributed by atoms with Gasteiger partial charge >= 0.3 is 0 Å². The molecular weight excluding hydrogens is 348 g/mol. The number of carbonyl (C=O) groups excluding carboxylic acids is 3. The van der Waals surface area contributed by atoms with Crippen molar-refractivity contribution in [1.29, 1.82) is 0 Å². The van der Waals surface area contributed by atoms with Gasteiger partial charge in [-0.1, -0.05) is 47.8 Å². The van der Waals surface area contributed by atoms with Gasteiger partial charge in [-0.05, 0) is 0 Å². The van der Waals surface area contributed by atoms with Crippen molar-refractivity contribution in [3.63, 3.8) is 0 Å². The van der Waals surface area contributed by atoms with Crippen molar-refractivity contribution < 1.29 is 14.4 Å². The van der Waals surface area contributed by atoms with Gasteiger partial charge in [0.15, 0.2) is 5.78 Å². The number of alkyl halides is 3. The van der Waals surface area contributed by atoms with Crippen LogP contribution in [0.5, 0.6) is 0 Å². The van der Waals surface area contributed by atoms with E-state index in [4.69, 9.17) is 0 Å². The molecule has 1 atom stereocenters. The fraction of sp³-hybridized carbons (Fsp3) is 0.400. The van der Waals surface area contributed by atoms with Crippen LogP contribution in [0.2, 0.25) is 0 Å². The molecule has 1 unspecified atom stereocenters. The molecule has 1 aliphatic carbocycles. The summed E-state index contributed by atoms with van der Waals surface area (Å²) in [6.07, 6.45) is 0. The molecule has 0 amide bonds. The molecule has 1 aliphatic rings. The molecule has 11 heavy (non-hydrogen) atoms. The predicted molar refractivity (Wildman–Crippen MR) is 48.3 cm³/mol. The number of halogens is 3. The highest BCUT2D eigenvalue weighted by molar-refractivity contribution is 9.26. The van der Waals surface area contributed by atoms with Gasteiger partial charge in [0.05, 0.1) is 0 Å². The maximum absolute atomic E-state index is 11.1. The standard InChI is InChI=1S/C5HBr3O3/c6-1-2(9)4(11)5(7,8)3(1)10/h1H. The van der Waals surface area contributed by atoms with E-state index in [-0.39, 0.29) is 0 Å². The third kappa shape index (κ3) is 1.25. The third-order valence-electron chi connectivity index (χ3n) is 1.28. The van der Waals surface area contributed by atoms with Crippen LogP contribution in [-0.4, -0.2) is 25.4 Å². The Hall–Kier alpha value is 0.450. The molecule has 1 fully saturated rings. The molecule has 0 aromatic rings. The monoisotopic (exact) mass is 346 g/mol. The summed E-state index contributed by atoms with van der Waals surface area (Å²) in [6, 6.07) is 0. The second-order valence-electron chi connectivity index (χ2n) is 1.99. The predicted octanol–water partition coefficient (Wildman–Crippen LogP) is 0.957. The van der Waals surface area contributed by atoms with Gasteiger partial charge in [-0.2, -0.15) is 0 Å². The van der Waals surface area contributed by atoms with Crippen molar-refractivity contribution >= 4 is 65.1 Å². The number of ketones is 3. The fourth-order valence-corrected chi connectivity index (χ4v) is 2.67. The summed E-state index contributed by atoms with van der Waals surface area (Å²) in [4.78, 5) is 31.9. The zero-order chi connectivity index (χ0) is 8.81. The van der Waals surface area contributed by atoms with E-state index in [1.165, 1.54) is 0 Å². The Labute approximate surface area is 87.3 Å². The van der Waals surface area contributed by atoms with Gasteiger partial charge in [0.1, 0.15) is 4.83 Å². The van der Waals surface area contributed by atoms with Gasteiger partial charge in [-0.25, -0.2) is 0 Å². The first-order valence-corrected chi connectivity index (χ1v) is 5.04. The van der Waals surface area contributed by atoms with Crippen LogP contribution in [0.3, 0.4) is 0 Å². The summed E-state index contributed by atoms with van der Waals surface area (Å²) in [6.45, 7) is 0. The lowest BCUT2D eigenvalue weighted by atomic mass is 10.3. The minimum absolute atomic E-state index is 0.507. The first-order chi connectivity index (χ1) is 4.89. The number of carbonyl (C=O) groups is 3. The number of Topliss-reactive ketones (excluding diaryl/α,β-unsaturated/α-hetero) is 3. The van der Waals surface area contributed by atoms with E-state index in [1.54, 1.807) is 0 Å². The quantitative estimate of drug-likeness (QED) is 0.372. The van der Waals surface area contributed by atoms with Gasteiger partial charge in [-0.15, -0.1) is 0 Å². The summed E-state index contributed by atoms with van der Waals surface area (Å²) in [5.41, 5.74) is 0. The minimum atomic E-state index is -1.49. The average molecular weight is 349 g/mol. The lowest BCUT2D eigenvalue weighted by molar-refractivity contribution is -0.133. The molecule has 0 saturated heterocycles. The van der Waals surface area contributed by atoms with Gasteiger partial charge in [0, 0.05) is 0 Å². The summed E-state index contributed by atoms with van der Waals surface area (Å²) in [7, 11) is 0. The summed E-state index contributed by atoms with van der Waals surface area (Å²) in [5.74, 6) is -1.99. The minimum Gasteiger partial charge on any atom is -0.295 e. The zero-order valence-electron chi connectivity index (χ0n) is 4.94. The largest absolute Gasteiger partial charge is 0.295 e. The molecule has 1 saturated carbocycles. The van der Waals surface area contributed by atoms with Crippen LogP contribution in [-0.2, 0) is 14.4 Å². The Bertz CT molecular complexity index is 258. The number of rotatable bonds is 0. The molecule has 1 rings (SSSR count). The van der Waals surface area contributed by atoms with Gasteiger partial charge in [-0.3, -0.25) is 14.4 Å². The van der Waals surface area contributed by atoms with E-state index >= 15 is 0 Å². The topological polar surface area (TPSA) is 51.2 Å². The number of hydrogen-bond acceptors (Lipinski definition) is 3. The summed E-state index contributed by atoms with van der Waals surface area (Å²) >= 11 is 8.45. The first kappa shape index (κ1) is 9.54. The Morgan fingerprint density at radius 3 is 1.73 bits per heavy atom. The molecule has 0 heterocycles. The van der Waals surface area contributed by atoms with Crippen molar-refractivity contribution in [2.24, 2.45) is 0 Å². The maximum Gasteiger partial charge on any atom is 0.235 e. The maximum atomic E-state index is 11.1. The first-order valence-electron chi connectivity index (χ1n) is 2.54. The van der Waals surface area contributed by atoms with Crippen LogP contribution in [0.25, 0.3) is 0 Å². The molecule has 0 aromatic heterocycles. The highest BCUT2D eigenvalue weighted by Gasteiger charge is 2.56. The lowest BCUT2D eigenvalue weighted by Crippen LogP contribution is -2.27. The molecule has 3 nitrogen and oxygen atoms in total. The summed E-state index contributed by atoms with van der Waals surface area (Å²) in [5, 5.41) is 0. The van der Waals surface area contributed by atoms with Crippen LogP contribution in [0.1, 0.15) is 0 Å². The molecule has 0 aromatic carbocycles. The van der Waals surface area contributed by atoms with Crippen molar-refractivity contribution in [1.82, 2.24) is 0 Å². The van der Waals surface area contributed by atoms with Gasteiger partial charge in [0.2, 0.25) is 14.8 Å². The summed E-state index contributed by atoms with van der Waals surface area (Å²) < 4.78 is -1.49. The Morgan fingerprint density at radius 2 is 1.64 bits per heavy atom. The molecule has 6 heteroatoms. The van der Waals surface area contributed by atoms with Gasteiger partial charge < -0.3 is 0 Å². The van der Waals surface area contributed by atoms with E-state index in [0.717, 1.165) is 0 Å². The van der Waals surface area contributed by atoms with Crippen LogP contribution in [0.4, 0.5) is 0 Å². The fourth-order valence-electron chi connectivity index (χ4n) is 0.660. The van der Waals surface area contributed by atoms with Crippen LogP contribution < -0.4 is 0 Å². The smallest absolute Gasteiger partial charge is 0.235 e. The van der Waals surface area contributed by atoms with E-state index in [1.807, 2.05) is 0 Å². The average Bonchev–Trinajstić information content (AvgIpc) is 2.06. The van der Waals surface area contributed by atoms with Gasteiger partial charge in [0.25, 0.3) is 0 Å². The molecule has 0 N–H and O–H groups in total. The van der Waals surface area contributed by atoms with Crippen molar-refractivity contribution in [3.8, 4) is 0 Å². The molecule has 0 radical (unpaired) electrons. The second kappa shape index (κ2) is 2.74. The SMILES string of the molecule is O=C1C(=O)C(Br)(Br)C(=O)C1Br.